The molecule has 3 rings (SSSR count). The van der Waals surface area contributed by atoms with E-state index in [1.165, 1.54) is 31.2 Å². The molecule has 2 fully saturated rings. The highest BCUT2D eigenvalue weighted by Gasteiger charge is 2.37. The highest BCUT2D eigenvalue weighted by molar-refractivity contribution is 5.84. The maximum Gasteiger partial charge on any atom is 0.150 e. The quantitative estimate of drug-likeness (QED) is 0.898. The van der Waals surface area contributed by atoms with Crippen molar-refractivity contribution in [2.24, 2.45) is 5.92 Å². The Morgan fingerprint density at radius 3 is 2.74 bits per heavy atom. The van der Waals surface area contributed by atoms with Crippen LogP contribution in [0.25, 0.3) is 0 Å². The van der Waals surface area contributed by atoms with Gasteiger partial charge in [0.1, 0.15) is 5.78 Å². The number of ketones is 1. The molecule has 102 valence electrons. The lowest BCUT2D eigenvalue weighted by Crippen LogP contribution is -2.37. The molecule has 1 aliphatic heterocycles. The summed E-state index contributed by atoms with van der Waals surface area (Å²) in [4.78, 5) is 12.3. The molecular weight excluding hydrogens is 234 g/mol. The highest BCUT2D eigenvalue weighted by atomic mass is 16.1. The number of Topliss-reactive ketones (excluding diaryl/α,β-unsaturated/α-hetero) is 1. The van der Waals surface area contributed by atoms with Gasteiger partial charge in [-0.15, -0.1) is 0 Å². The number of hydrogen-bond donors (Lipinski definition) is 1. The number of carbonyl (C=O) groups excluding carboxylic acids is 1. The van der Waals surface area contributed by atoms with Crippen LogP contribution < -0.4 is 5.32 Å². The first kappa shape index (κ1) is 12.9. The molecule has 1 aromatic carbocycles. The van der Waals surface area contributed by atoms with Gasteiger partial charge in [-0.3, -0.25) is 4.79 Å². The van der Waals surface area contributed by atoms with Crippen molar-refractivity contribution in [1.29, 1.82) is 0 Å². The molecule has 3 atom stereocenters. The minimum atomic E-state index is 0.136. The summed E-state index contributed by atoms with van der Waals surface area (Å²) < 4.78 is 0. The second kappa shape index (κ2) is 5.87. The number of benzene rings is 1. The van der Waals surface area contributed by atoms with Gasteiger partial charge in [0, 0.05) is 12.5 Å². The second-order valence-corrected chi connectivity index (χ2v) is 6.06. The summed E-state index contributed by atoms with van der Waals surface area (Å²) in [7, 11) is 0. The maximum atomic E-state index is 12.3. The molecule has 1 saturated carbocycles. The molecule has 2 heteroatoms. The highest BCUT2D eigenvalue weighted by Crippen LogP contribution is 2.33. The zero-order valence-corrected chi connectivity index (χ0v) is 11.5. The molecule has 19 heavy (non-hydrogen) atoms. The molecule has 1 heterocycles. The van der Waals surface area contributed by atoms with E-state index >= 15 is 0 Å². The predicted molar refractivity (Wildman–Crippen MR) is 77.1 cm³/mol. The fraction of sp³-hybridized carbons (Fsp3) is 0.588. The van der Waals surface area contributed by atoms with Gasteiger partial charge in [-0.05, 0) is 37.2 Å². The summed E-state index contributed by atoms with van der Waals surface area (Å²) in [5.41, 5.74) is 1.27. The van der Waals surface area contributed by atoms with Crippen molar-refractivity contribution in [1.82, 2.24) is 5.32 Å². The van der Waals surface area contributed by atoms with Crippen LogP contribution in [0.15, 0.2) is 30.3 Å². The summed E-state index contributed by atoms with van der Waals surface area (Å²) in [5, 5.41) is 3.58. The number of nitrogens with one attached hydrogen (secondary N) is 1. The number of fused-ring (bicyclic) bond motifs is 1. The first-order valence-electron chi connectivity index (χ1n) is 7.65. The summed E-state index contributed by atoms with van der Waals surface area (Å²) in [6.07, 6.45) is 7.92. The molecule has 0 aromatic heterocycles. The lowest BCUT2D eigenvalue weighted by molar-refractivity contribution is -0.120. The van der Waals surface area contributed by atoms with E-state index in [-0.39, 0.29) is 6.04 Å². The molecule has 1 aromatic rings. The van der Waals surface area contributed by atoms with E-state index in [1.54, 1.807) is 0 Å². The third-order valence-corrected chi connectivity index (χ3v) is 4.75. The van der Waals surface area contributed by atoms with Crippen molar-refractivity contribution in [3.8, 4) is 0 Å². The van der Waals surface area contributed by atoms with Crippen LogP contribution in [0.4, 0.5) is 0 Å². The van der Waals surface area contributed by atoms with Crippen LogP contribution in [-0.2, 0) is 11.2 Å². The third-order valence-electron chi connectivity index (χ3n) is 4.75. The molecular formula is C17H23NO. The molecule has 3 unspecified atom stereocenters. The van der Waals surface area contributed by atoms with Crippen LogP contribution >= 0.6 is 0 Å². The van der Waals surface area contributed by atoms with Gasteiger partial charge in [0.15, 0.2) is 0 Å². The van der Waals surface area contributed by atoms with Gasteiger partial charge in [0.2, 0.25) is 0 Å². The average molecular weight is 257 g/mol. The molecule has 1 aliphatic carbocycles. The fourth-order valence-corrected chi connectivity index (χ4v) is 3.65. The summed E-state index contributed by atoms with van der Waals surface area (Å²) in [5.74, 6) is 1.18. The summed E-state index contributed by atoms with van der Waals surface area (Å²) in [6, 6.07) is 11.1. The Kier molecular flexibility index (Phi) is 3.97. The third kappa shape index (κ3) is 3.06. The van der Waals surface area contributed by atoms with Crippen LogP contribution in [-0.4, -0.2) is 17.9 Å². The van der Waals surface area contributed by atoms with Crippen LogP contribution in [0.5, 0.6) is 0 Å². The average Bonchev–Trinajstić information content (AvgIpc) is 2.90. The van der Waals surface area contributed by atoms with E-state index in [4.69, 9.17) is 0 Å². The topological polar surface area (TPSA) is 29.1 Å². The van der Waals surface area contributed by atoms with Crippen LogP contribution in [0.2, 0.25) is 0 Å². The maximum absolute atomic E-state index is 12.3. The zero-order valence-electron chi connectivity index (χ0n) is 11.5. The van der Waals surface area contributed by atoms with Crippen LogP contribution in [0.3, 0.4) is 0 Å². The Labute approximate surface area is 115 Å². The minimum absolute atomic E-state index is 0.136. The molecule has 2 aliphatic rings. The van der Waals surface area contributed by atoms with E-state index < -0.39 is 0 Å². The Bertz CT molecular complexity index is 414. The van der Waals surface area contributed by atoms with Gasteiger partial charge in [-0.25, -0.2) is 0 Å². The molecule has 0 spiro atoms. The van der Waals surface area contributed by atoms with Gasteiger partial charge < -0.3 is 5.32 Å². The van der Waals surface area contributed by atoms with Crippen LogP contribution in [0.1, 0.15) is 44.1 Å². The monoisotopic (exact) mass is 257 g/mol. The van der Waals surface area contributed by atoms with E-state index in [2.05, 4.69) is 17.4 Å². The SMILES string of the molecule is O=C(CCc1ccccc1)C1CC2CCCCC2N1. The van der Waals surface area contributed by atoms with Crippen molar-refractivity contribution in [3.63, 3.8) is 0 Å². The van der Waals surface area contributed by atoms with Crippen molar-refractivity contribution in [2.75, 3.05) is 0 Å². The Morgan fingerprint density at radius 1 is 1.16 bits per heavy atom. The van der Waals surface area contributed by atoms with Gasteiger partial charge in [0.05, 0.1) is 6.04 Å². The standard InChI is InChI=1S/C17H23NO/c19-17(11-10-13-6-2-1-3-7-13)16-12-14-8-4-5-9-15(14)18-16/h1-3,6-7,14-16,18H,4-5,8-12H2. The van der Waals surface area contributed by atoms with Gasteiger partial charge in [0.25, 0.3) is 0 Å². The Morgan fingerprint density at radius 2 is 1.95 bits per heavy atom. The molecule has 1 saturated heterocycles. The Balaban J connectivity index is 1.51. The number of aryl methyl sites for hydroxylation is 1. The van der Waals surface area contributed by atoms with E-state index in [0.717, 1.165) is 18.8 Å². The van der Waals surface area contributed by atoms with Crippen LogP contribution in [0, 0.1) is 5.92 Å². The Hall–Kier alpha value is -1.15. The number of carbonyl (C=O) groups is 1. The number of hydrogen-bond acceptors (Lipinski definition) is 2. The first-order valence-corrected chi connectivity index (χ1v) is 7.65. The van der Waals surface area contributed by atoms with E-state index in [9.17, 15) is 4.79 Å². The van der Waals surface area contributed by atoms with E-state index in [1.807, 2.05) is 18.2 Å². The number of rotatable bonds is 4. The second-order valence-electron chi connectivity index (χ2n) is 6.06. The van der Waals surface area contributed by atoms with Gasteiger partial charge in [-0.1, -0.05) is 43.2 Å². The normalized spacial score (nSPS) is 30.0. The van der Waals surface area contributed by atoms with E-state index in [0.29, 0.717) is 18.2 Å². The largest absolute Gasteiger partial charge is 0.304 e. The summed E-state index contributed by atoms with van der Waals surface area (Å²) in [6.45, 7) is 0. The lowest BCUT2D eigenvalue weighted by atomic mass is 9.84. The predicted octanol–water partition coefficient (Wildman–Crippen LogP) is 3.11. The summed E-state index contributed by atoms with van der Waals surface area (Å²) >= 11 is 0. The smallest absolute Gasteiger partial charge is 0.150 e. The molecule has 2 nitrogen and oxygen atoms in total. The van der Waals surface area contributed by atoms with Crippen molar-refractivity contribution in [2.45, 2.75) is 57.0 Å². The molecule has 1 N–H and O–H groups in total. The molecule has 0 radical (unpaired) electrons. The van der Waals surface area contributed by atoms with Crippen molar-refractivity contribution >= 4 is 5.78 Å². The minimum Gasteiger partial charge on any atom is -0.304 e. The van der Waals surface area contributed by atoms with Crippen molar-refractivity contribution < 1.29 is 4.79 Å². The van der Waals surface area contributed by atoms with Crippen molar-refractivity contribution in [3.05, 3.63) is 35.9 Å². The van der Waals surface area contributed by atoms with Gasteiger partial charge >= 0.3 is 0 Å². The zero-order chi connectivity index (χ0) is 13.1. The first-order chi connectivity index (χ1) is 9.33. The van der Waals surface area contributed by atoms with Gasteiger partial charge in [-0.2, -0.15) is 0 Å². The fourth-order valence-electron chi connectivity index (χ4n) is 3.65. The molecule has 0 amide bonds. The molecule has 0 bridgehead atoms. The lowest BCUT2D eigenvalue weighted by Gasteiger charge is -2.24.